The highest BCUT2D eigenvalue weighted by Crippen LogP contribution is 2.21. The highest BCUT2D eigenvalue weighted by Gasteiger charge is 2.35. The van der Waals surface area contributed by atoms with E-state index in [1.54, 1.807) is 0 Å². The summed E-state index contributed by atoms with van der Waals surface area (Å²) < 4.78 is 0. The molecule has 0 bridgehead atoms. The number of benzene rings is 1. The zero-order valence-corrected chi connectivity index (χ0v) is 17.2. The highest BCUT2D eigenvalue weighted by molar-refractivity contribution is 5.90. The summed E-state index contributed by atoms with van der Waals surface area (Å²) in [6, 6.07) is 5.94. The Morgan fingerprint density at radius 2 is 1.90 bits per heavy atom. The predicted molar refractivity (Wildman–Crippen MR) is 114 cm³/mol. The Hall–Kier alpha value is -3.14. The van der Waals surface area contributed by atoms with Gasteiger partial charge >= 0.3 is 0 Å². The minimum absolute atomic E-state index is 0.302. The van der Waals surface area contributed by atoms with E-state index in [1.807, 2.05) is 36.4 Å². The van der Waals surface area contributed by atoms with Crippen LogP contribution in [0, 0.1) is 11.8 Å². The molecule has 30 heavy (non-hydrogen) atoms. The third-order valence-corrected chi connectivity index (χ3v) is 5.12. The number of hydrogen-bond donors (Lipinski definition) is 2. The molecular weight excluding hydrogens is 380 g/mol. The quantitative estimate of drug-likeness (QED) is 0.739. The topological polar surface area (TPSA) is 81.1 Å². The molecule has 2 amide bonds. The molecule has 156 valence electrons. The van der Waals surface area contributed by atoms with Crippen molar-refractivity contribution in [3.8, 4) is 11.8 Å². The minimum atomic E-state index is -1.79. The summed E-state index contributed by atoms with van der Waals surface area (Å²) in [5, 5.41) is 20.2. The van der Waals surface area contributed by atoms with Gasteiger partial charge in [0, 0.05) is 38.3 Å². The molecule has 0 saturated heterocycles. The van der Waals surface area contributed by atoms with Crippen molar-refractivity contribution in [2.75, 3.05) is 20.6 Å². The van der Waals surface area contributed by atoms with E-state index >= 15 is 0 Å². The number of likely N-dealkylation sites (N-methyl/N-ethyl adjacent to an activating group) is 1. The summed E-state index contributed by atoms with van der Waals surface area (Å²) in [6.07, 6.45) is 7.98. The van der Waals surface area contributed by atoms with Gasteiger partial charge in [-0.2, -0.15) is 0 Å². The molecule has 1 aromatic rings. The van der Waals surface area contributed by atoms with Crippen LogP contribution in [0.2, 0.25) is 0 Å². The summed E-state index contributed by atoms with van der Waals surface area (Å²) in [5.41, 5.74) is 3.88. The molecule has 6 nitrogen and oxygen atoms in total. The van der Waals surface area contributed by atoms with Crippen molar-refractivity contribution in [2.45, 2.75) is 31.6 Å². The van der Waals surface area contributed by atoms with Crippen LogP contribution in [0.15, 0.2) is 54.2 Å². The van der Waals surface area contributed by atoms with E-state index < -0.39 is 24.0 Å². The molecule has 0 fully saturated rings. The molecule has 3 rings (SSSR count). The van der Waals surface area contributed by atoms with Crippen molar-refractivity contribution >= 4 is 11.8 Å². The Kier molecular flexibility index (Phi) is 6.88. The van der Waals surface area contributed by atoms with Gasteiger partial charge in [-0.15, -0.1) is 0 Å². The maximum absolute atomic E-state index is 12.6. The van der Waals surface area contributed by atoms with Gasteiger partial charge in [-0.1, -0.05) is 42.2 Å². The number of fused-ring (bicyclic) bond motifs is 1. The lowest BCUT2D eigenvalue weighted by Gasteiger charge is -2.31. The molecule has 0 spiro atoms. The van der Waals surface area contributed by atoms with Gasteiger partial charge in [-0.05, 0) is 42.2 Å². The van der Waals surface area contributed by atoms with Crippen LogP contribution in [0.1, 0.15) is 23.1 Å². The van der Waals surface area contributed by atoms with Crippen LogP contribution >= 0.6 is 0 Å². The minimum Gasteiger partial charge on any atom is -0.380 e. The molecular formula is C24H26N2O4. The normalized spacial score (nSPS) is 17.1. The smallest absolute Gasteiger partial charge is 0.255 e. The number of carbonyl (C=O) groups excluding carboxylic acids is 2. The van der Waals surface area contributed by atoms with Gasteiger partial charge in [0.15, 0.2) is 12.2 Å². The summed E-state index contributed by atoms with van der Waals surface area (Å²) in [6.45, 7) is 0.720. The van der Waals surface area contributed by atoms with Crippen molar-refractivity contribution in [3.05, 3.63) is 70.8 Å². The Morgan fingerprint density at radius 3 is 2.67 bits per heavy atom. The molecule has 2 atom stereocenters. The predicted octanol–water partition coefficient (Wildman–Crippen LogP) is 1.18. The maximum Gasteiger partial charge on any atom is 0.255 e. The molecule has 1 aliphatic carbocycles. The van der Waals surface area contributed by atoms with E-state index in [4.69, 9.17) is 0 Å². The van der Waals surface area contributed by atoms with E-state index in [9.17, 15) is 19.8 Å². The second-order valence-electron chi connectivity index (χ2n) is 7.55. The first kappa shape index (κ1) is 21.6. The van der Waals surface area contributed by atoms with Crippen LogP contribution in [-0.2, 0) is 22.6 Å². The summed E-state index contributed by atoms with van der Waals surface area (Å²) >= 11 is 0. The van der Waals surface area contributed by atoms with Gasteiger partial charge in [0.2, 0.25) is 0 Å². The third-order valence-electron chi connectivity index (χ3n) is 5.12. The number of nitrogens with zero attached hydrogens (tertiary/aromatic N) is 2. The highest BCUT2D eigenvalue weighted by atomic mass is 16.3. The van der Waals surface area contributed by atoms with Crippen LogP contribution in [0.3, 0.4) is 0 Å². The zero-order valence-electron chi connectivity index (χ0n) is 17.2. The fourth-order valence-electron chi connectivity index (χ4n) is 3.36. The fourth-order valence-corrected chi connectivity index (χ4v) is 3.36. The van der Waals surface area contributed by atoms with E-state index in [1.165, 1.54) is 19.0 Å². The molecule has 1 heterocycles. The van der Waals surface area contributed by atoms with E-state index in [2.05, 4.69) is 24.0 Å². The Labute approximate surface area is 176 Å². The van der Waals surface area contributed by atoms with Gasteiger partial charge in [-0.25, -0.2) is 0 Å². The number of rotatable bonds is 3. The van der Waals surface area contributed by atoms with Gasteiger partial charge in [0.1, 0.15) is 0 Å². The van der Waals surface area contributed by atoms with Crippen molar-refractivity contribution in [1.29, 1.82) is 0 Å². The Balaban J connectivity index is 1.72. The molecule has 2 unspecified atom stereocenters. The first-order valence-electron chi connectivity index (χ1n) is 9.90. The maximum atomic E-state index is 12.6. The number of aliphatic hydroxyl groups excluding tert-OH is 2. The van der Waals surface area contributed by atoms with E-state index in [0.717, 1.165) is 33.6 Å². The number of hydrogen-bond acceptors (Lipinski definition) is 4. The molecule has 2 N–H and O–H groups in total. The van der Waals surface area contributed by atoms with Crippen molar-refractivity contribution < 1.29 is 19.8 Å². The fraction of sp³-hybridized carbons (Fsp3) is 0.333. The van der Waals surface area contributed by atoms with Crippen LogP contribution in [0.4, 0.5) is 0 Å². The standard InChI is InChI=1S/C24H26N2O4/c1-25(2)23(29)21(27)22(28)24(30)26-14-13-19-12-11-18(15-20(19)16-26)10-9-17-7-5-3-4-6-8-17/h3-5,7-8,11-12,15,21-22,27-28H,6,13-14,16H2,1-2H3. The molecule has 0 aromatic heterocycles. The van der Waals surface area contributed by atoms with Gasteiger partial charge in [0.25, 0.3) is 11.8 Å². The molecule has 0 saturated carbocycles. The lowest BCUT2D eigenvalue weighted by Crippen LogP contribution is -2.51. The van der Waals surface area contributed by atoms with Crippen LogP contribution in [0.25, 0.3) is 0 Å². The first-order valence-corrected chi connectivity index (χ1v) is 9.90. The van der Waals surface area contributed by atoms with Crippen molar-refractivity contribution in [1.82, 2.24) is 9.80 Å². The zero-order chi connectivity index (χ0) is 21.7. The Morgan fingerprint density at radius 1 is 1.10 bits per heavy atom. The van der Waals surface area contributed by atoms with Crippen molar-refractivity contribution in [3.63, 3.8) is 0 Å². The van der Waals surface area contributed by atoms with Crippen LogP contribution < -0.4 is 0 Å². The number of aliphatic hydroxyl groups is 2. The second-order valence-corrected chi connectivity index (χ2v) is 7.55. The van der Waals surface area contributed by atoms with Crippen LogP contribution in [-0.4, -0.2) is 64.7 Å². The Bertz CT molecular complexity index is 979. The van der Waals surface area contributed by atoms with Gasteiger partial charge in [-0.3, -0.25) is 9.59 Å². The number of carbonyl (C=O) groups is 2. The average molecular weight is 406 g/mol. The summed E-state index contributed by atoms with van der Waals surface area (Å²) in [4.78, 5) is 27.1. The summed E-state index contributed by atoms with van der Waals surface area (Å²) in [5.74, 6) is 4.97. The third kappa shape index (κ3) is 5.07. The second kappa shape index (κ2) is 9.57. The first-order chi connectivity index (χ1) is 14.4. The molecule has 2 aliphatic rings. The molecule has 0 radical (unpaired) electrons. The number of allylic oxidation sites excluding steroid dienone is 6. The van der Waals surface area contributed by atoms with Crippen molar-refractivity contribution in [2.24, 2.45) is 0 Å². The average Bonchev–Trinajstić information content (AvgIpc) is 3.03. The molecule has 1 aromatic carbocycles. The SMILES string of the molecule is CN(C)C(=O)C(O)C(O)C(=O)N1CCc2ccc(C#CC3=CCC=CC=C3)cc2C1. The van der Waals surface area contributed by atoms with Crippen LogP contribution in [0.5, 0.6) is 0 Å². The molecule has 6 heteroatoms. The van der Waals surface area contributed by atoms with E-state index in [-0.39, 0.29) is 0 Å². The lowest BCUT2D eigenvalue weighted by atomic mass is 9.96. The summed E-state index contributed by atoms with van der Waals surface area (Å²) in [7, 11) is 2.92. The van der Waals surface area contributed by atoms with E-state index in [0.29, 0.717) is 19.5 Å². The van der Waals surface area contributed by atoms with Gasteiger partial charge in [0.05, 0.1) is 0 Å². The lowest BCUT2D eigenvalue weighted by molar-refractivity contribution is -0.157. The van der Waals surface area contributed by atoms with Gasteiger partial charge < -0.3 is 20.0 Å². The molecule has 1 aliphatic heterocycles. The number of amides is 2. The largest absolute Gasteiger partial charge is 0.380 e. The monoisotopic (exact) mass is 406 g/mol.